The summed E-state index contributed by atoms with van der Waals surface area (Å²) in [4.78, 5) is 16.1. The molecule has 0 atom stereocenters. The minimum absolute atomic E-state index is 0.117. The molecule has 2 rings (SSSR count). The van der Waals surface area contributed by atoms with Crippen LogP contribution in [0.2, 0.25) is 0 Å². The zero-order chi connectivity index (χ0) is 14.4. The van der Waals surface area contributed by atoms with Gasteiger partial charge in [-0.05, 0) is 31.5 Å². The van der Waals surface area contributed by atoms with Crippen molar-refractivity contribution in [1.82, 2.24) is 9.55 Å². The van der Waals surface area contributed by atoms with Crippen LogP contribution in [0.3, 0.4) is 0 Å². The predicted molar refractivity (Wildman–Crippen MR) is 79.2 cm³/mol. The molecule has 1 aromatic carbocycles. The van der Waals surface area contributed by atoms with Crippen molar-refractivity contribution < 1.29 is 4.74 Å². The van der Waals surface area contributed by atoms with E-state index in [1.165, 1.54) is 0 Å². The molecule has 0 spiro atoms. The van der Waals surface area contributed by atoms with Crippen LogP contribution in [0.25, 0.3) is 0 Å². The van der Waals surface area contributed by atoms with E-state index < -0.39 is 0 Å². The first-order valence-corrected chi connectivity index (χ1v) is 6.73. The van der Waals surface area contributed by atoms with Crippen LogP contribution in [-0.4, -0.2) is 16.2 Å². The summed E-state index contributed by atoms with van der Waals surface area (Å²) in [7, 11) is 0. The first kappa shape index (κ1) is 14.3. The van der Waals surface area contributed by atoms with Gasteiger partial charge in [0.2, 0.25) is 0 Å². The van der Waals surface area contributed by atoms with Gasteiger partial charge < -0.3 is 14.6 Å². The highest BCUT2D eigenvalue weighted by Gasteiger charge is 2.04. The van der Waals surface area contributed by atoms with Crippen LogP contribution in [0.4, 0.5) is 11.5 Å². The predicted octanol–water partition coefficient (Wildman–Crippen LogP) is 2.54. The summed E-state index contributed by atoms with van der Waals surface area (Å²) in [5.74, 6) is 0.340. The minimum atomic E-state index is -0.117. The molecule has 0 aliphatic rings. The van der Waals surface area contributed by atoms with Crippen molar-refractivity contribution in [1.29, 1.82) is 0 Å². The monoisotopic (exact) mass is 273 g/mol. The van der Waals surface area contributed by atoms with Gasteiger partial charge in [-0.25, -0.2) is 4.98 Å². The van der Waals surface area contributed by atoms with Gasteiger partial charge in [0, 0.05) is 31.2 Å². The normalized spacial score (nSPS) is 10.5. The summed E-state index contributed by atoms with van der Waals surface area (Å²) < 4.78 is 6.95. The third-order valence-electron chi connectivity index (χ3n) is 2.94. The molecule has 5 heteroatoms. The quantitative estimate of drug-likeness (QED) is 0.878. The van der Waals surface area contributed by atoms with Gasteiger partial charge in [0.25, 0.3) is 5.56 Å². The first-order valence-electron chi connectivity index (χ1n) is 6.73. The topological polar surface area (TPSA) is 56.1 Å². The Morgan fingerprint density at radius 2 is 2.00 bits per heavy atom. The molecule has 0 aliphatic heterocycles. The number of aryl methyl sites for hydroxylation is 1. The minimum Gasteiger partial charge on any atom is -0.377 e. The van der Waals surface area contributed by atoms with Gasteiger partial charge in [-0.15, -0.1) is 0 Å². The number of ether oxygens (including phenoxy) is 1. The zero-order valence-electron chi connectivity index (χ0n) is 11.8. The van der Waals surface area contributed by atoms with Gasteiger partial charge >= 0.3 is 0 Å². The maximum absolute atomic E-state index is 12.0. The van der Waals surface area contributed by atoms with Crippen molar-refractivity contribution in [2.24, 2.45) is 0 Å². The summed E-state index contributed by atoms with van der Waals surface area (Å²) in [5, 5.41) is 3.04. The van der Waals surface area contributed by atoms with Gasteiger partial charge in [-0.3, -0.25) is 4.79 Å². The number of hydrogen-bond donors (Lipinski definition) is 1. The number of hydrogen-bond acceptors (Lipinski definition) is 4. The Labute approximate surface area is 118 Å². The molecule has 0 amide bonds. The largest absolute Gasteiger partial charge is 0.377 e. The fourth-order valence-electron chi connectivity index (χ4n) is 1.82. The lowest BCUT2D eigenvalue weighted by molar-refractivity contribution is 0.134. The van der Waals surface area contributed by atoms with Crippen LogP contribution in [0.15, 0.2) is 41.5 Å². The lowest BCUT2D eigenvalue weighted by Gasteiger charge is -2.08. The van der Waals surface area contributed by atoms with Crippen molar-refractivity contribution >= 4 is 11.5 Å². The van der Waals surface area contributed by atoms with Gasteiger partial charge in [0.1, 0.15) is 0 Å². The third-order valence-corrected chi connectivity index (χ3v) is 2.94. The van der Waals surface area contributed by atoms with Gasteiger partial charge in [0.05, 0.1) is 6.61 Å². The molecule has 0 unspecified atom stereocenters. The Bertz CT molecular complexity index is 605. The van der Waals surface area contributed by atoms with Crippen molar-refractivity contribution in [3.05, 3.63) is 52.6 Å². The van der Waals surface area contributed by atoms with Crippen LogP contribution in [-0.2, 0) is 17.9 Å². The van der Waals surface area contributed by atoms with E-state index in [1.54, 1.807) is 17.0 Å². The molecule has 1 N–H and O–H groups in total. The fourth-order valence-corrected chi connectivity index (χ4v) is 1.82. The number of aromatic nitrogens is 2. The highest BCUT2D eigenvalue weighted by molar-refractivity contribution is 5.55. The van der Waals surface area contributed by atoms with Crippen LogP contribution < -0.4 is 10.9 Å². The molecule has 0 fully saturated rings. The Morgan fingerprint density at radius 3 is 2.65 bits per heavy atom. The van der Waals surface area contributed by atoms with E-state index in [-0.39, 0.29) is 5.56 Å². The maximum atomic E-state index is 12.0. The number of nitrogens with zero attached hydrogens (tertiary/aromatic N) is 2. The van der Waals surface area contributed by atoms with Crippen molar-refractivity contribution in [3.63, 3.8) is 0 Å². The van der Waals surface area contributed by atoms with E-state index in [0.29, 0.717) is 25.6 Å². The summed E-state index contributed by atoms with van der Waals surface area (Å²) in [6, 6.07) is 7.77. The number of nitrogens with one attached hydrogen (secondary N) is 1. The summed E-state index contributed by atoms with van der Waals surface area (Å²) >= 11 is 0. The van der Waals surface area contributed by atoms with Gasteiger partial charge in [-0.2, -0.15) is 0 Å². The second-order valence-corrected chi connectivity index (χ2v) is 4.33. The fraction of sp³-hybridized carbons (Fsp3) is 0.333. The molecule has 20 heavy (non-hydrogen) atoms. The Kier molecular flexibility index (Phi) is 4.90. The zero-order valence-corrected chi connectivity index (χ0v) is 11.8. The van der Waals surface area contributed by atoms with Crippen molar-refractivity contribution in [3.8, 4) is 0 Å². The Hall–Kier alpha value is -2.14. The van der Waals surface area contributed by atoms with Crippen LogP contribution in [0.1, 0.15) is 19.4 Å². The second-order valence-electron chi connectivity index (χ2n) is 4.33. The molecule has 5 nitrogen and oxygen atoms in total. The highest BCUT2D eigenvalue weighted by Crippen LogP contribution is 2.13. The Balaban J connectivity index is 2.12. The first-order chi connectivity index (χ1) is 9.74. The average Bonchev–Trinajstić information content (AvgIpc) is 2.48. The third kappa shape index (κ3) is 3.45. The standard InChI is InChI=1S/C15H19N3O2/c1-3-18-10-9-16-14(15(18)19)17-13-7-5-12(6-8-13)11-20-4-2/h5-10H,3-4,11H2,1-2H3,(H,16,17). The lowest BCUT2D eigenvalue weighted by atomic mass is 10.2. The molecular weight excluding hydrogens is 254 g/mol. The molecule has 0 bridgehead atoms. The second kappa shape index (κ2) is 6.86. The molecule has 1 aromatic heterocycles. The molecular formula is C15H19N3O2. The number of anilines is 2. The molecule has 2 aromatic rings. The number of rotatable bonds is 6. The molecule has 0 saturated carbocycles. The van der Waals surface area contributed by atoms with E-state index in [4.69, 9.17) is 4.74 Å². The maximum Gasteiger partial charge on any atom is 0.293 e. The summed E-state index contributed by atoms with van der Waals surface area (Å²) in [6.07, 6.45) is 3.30. The Morgan fingerprint density at radius 1 is 1.25 bits per heavy atom. The SMILES string of the molecule is CCOCc1ccc(Nc2nccn(CC)c2=O)cc1. The molecule has 0 saturated heterocycles. The highest BCUT2D eigenvalue weighted by atomic mass is 16.5. The van der Waals surface area contributed by atoms with E-state index >= 15 is 0 Å². The van der Waals surface area contributed by atoms with Crippen molar-refractivity contribution in [2.45, 2.75) is 27.0 Å². The van der Waals surface area contributed by atoms with Crippen LogP contribution in [0, 0.1) is 0 Å². The van der Waals surface area contributed by atoms with E-state index in [2.05, 4.69) is 10.3 Å². The van der Waals surface area contributed by atoms with E-state index in [0.717, 1.165) is 11.3 Å². The molecule has 1 heterocycles. The van der Waals surface area contributed by atoms with Gasteiger partial charge in [-0.1, -0.05) is 12.1 Å². The van der Waals surface area contributed by atoms with E-state index in [9.17, 15) is 4.79 Å². The van der Waals surface area contributed by atoms with Crippen LogP contribution in [0.5, 0.6) is 0 Å². The number of benzene rings is 1. The van der Waals surface area contributed by atoms with Crippen LogP contribution >= 0.6 is 0 Å². The molecule has 0 radical (unpaired) electrons. The molecule has 0 aliphatic carbocycles. The average molecular weight is 273 g/mol. The lowest BCUT2D eigenvalue weighted by Crippen LogP contribution is -2.22. The molecule has 106 valence electrons. The van der Waals surface area contributed by atoms with E-state index in [1.807, 2.05) is 38.1 Å². The summed E-state index contributed by atoms with van der Waals surface area (Å²) in [5.41, 5.74) is 1.82. The van der Waals surface area contributed by atoms with Crippen molar-refractivity contribution in [2.75, 3.05) is 11.9 Å². The smallest absolute Gasteiger partial charge is 0.293 e. The van der Waals surface area contributed by atoms with Gasteiger partial charge in [0.15, 0.2) is 5.82 Å². The summed E-state index contributed by atoms with van der Waals surface area (Å²) in [6.45, 7) is 5.82.